The van der Waals surface area contributed by atoms with E-state index >= 15 is 0 Å². The molecule has 0 spiro atoms. The summed E-state index contributed by atoms with van der Waals surface area (Å²) in [7, 11) is 0. The van der Waals surface area contributed by atoms with Gasteiger partial charge in [0.1, 0.15) is 0 Å². The summed E-state index contributed by atoms with van der Waals surface area (Å²) in [5.74, 6) is 6.34. The Morgan fingerprint density at radius 3 is 1.46 bits per heavy atom. The van der Waals surface area contributed by atoms with Gasteiger partial charge in [-0.2, -0.15) is 0 Å². The molecule has 2 saturated heterocycles. The maximum atomic E-state index is 11.3. The van der Waals surface area contributed by atoms with E-state index in [4.69, 9.17) is 9.47 Å². The highest BCUT2D eigenvalue weighted by Gasteiger charge is 2.87. The summed E-state index contributed by atoms with van der Waals surface area (Å²) in [6.07, 6.45) is 3.99. The number of hydrogen-bond acceptors (Lipinski definition) is 4. The Balaban J connectivity index is 1.43. The van der Waals surface area contributed by atoms with Gasteiger partial charge in [0.15, 0.2) is 12.6 Å². The Kier molecular flexibility index (Phi) is 2.24. The average molecular weight is 358 g/mol. The Labute approximate surface area is 154 Å². The van der Waals surface area contributed by atoms with Crippen molar-refractivity contribution in [1.29, 1.82) is 0 Å². The summed E-state index contributed by atoms with van der Waals surface area (Å²) in [6, 6.07) is 0. The van der Waals surface area contributed by atoms with Crippen LogP contribution in [0.2, 0.25) is 0 Å². The largest absolute Gasteiger partial charge is 0.367 e. The van der Waals surface area contributed by atoms with Gasteiger partial charge in [-0.15, -0.1) is 0 Å². The molecule has 0 bridgehead atoms. The second-order valence-corrected chi connectivity index (χ2v) is 11.7. The van der Waals surface area contributed by atoms with Crippen LogP contribution < -0.4 is 0 Å². The van der Waals surface area contributed by atoms with Gasteiger partial charge < -0.3 is 19.7 Å². The van der Waals surface area contributed by atoms with E-state index in [0.717, 1.165) is 12.8 Å². The van der Waals surface area contributed by atoms with Crippen LogP contribution >= 0.6 is 0 Å². The minimum absolute atomic E-state index is 0.0724. The first-order valence-corrected chi connectivity index (χ1v) is 11.2. The predicted molar refractivity (Wildman–Crippen MR) is 91.3 cm³/mol. The molecule has 26 heavy (non-hydrogen) atoms. The van der Waals surface area contributed by atoms with Gasteiger partial charge in [-0.05, 0) is 84.9 Å². The zero-order chi connectivity index (χ0) is 17.3. The molecule has 2 N–H and O–H groups in total. The molecule has 2 aliphatic heterocycles. The van der Waals surface area contributed by atoms with Gasteiger partial charge in [-0.25, -0.2) is 0 Å². The molecule has 8 aliphatic rings. The molecule has 8 rings (SSSR count). The van der Waals surface area contributed by atoms with Crippen molar-refractivity contribution in [2.24, 2.45) is 70.0 Å². The Hall–Kier alpha value is -0.160. The molecular weight excluding hydrogens is 328 g/mol. The van der Waals surface area contributed by atoms with E-state index in [1.807, 2.05) is 0 Å². The fourth-order valence-electron chi connectivity index (χ4n) is 11.8. The van der Waals surface area contributed by atoms with Crippen LogP contribution in [0.4, 0.5) is 0 Å². The zero-order valence-corrected chi connectivity index (χ0v) is 15.6. The standard InChI is InChI=1S/C22H30O4/c1-21-15-7-3-5-10-12(7)18-13(15)14-16(22(18,2)20(24)26-10)8-4-6-9(25-19(21)23)11(8)17(14)21/h7-20,23-24H,3-6H2,1-2H3/t7-,8-,9-,10+,11+,12+,13+,14+,15-,16+,17-,18-,19+,20+,21+,22+/m1/s1. The van der Waals surface area contributed by atoms with Crippen LogP contribution in [0.15, 0.2) is 0 Å². The van der Waals surface area contributed by atoms with Crippen molar-refractivity contribution in [2.75, 3.05) is 0 Å². The van der Waals surface area contributed by atoms with E-state index in [0.29, 0.717) is 59.2 Å². The second-order valence-electron chi connectivity index (χ2n) is 11.7. The third-order valence-electron chi connectivity index (χ3n) is 11.8. The van der Waals surface area contributed by atoms with Crippen LogP contribution in [-0.2, 0) is 9.47 Å². The van der Waals surface area contributed by atoms with Crippen molar-refractivity contribution in [3.8, 4) is 0 Å². The quantitative estimate of drug-likeness (QED) is 0.697. The lowest BCUT2D eigenvalue weighted by Crippen LogP contribution is -2.55. The molecule has 6 saturated carbocycles. The molecular formula is C22H30O4. The van der Waals surface area contributed by atoms with Gasteiger partial charge in [0, 0.05) is 10.8 Å². The van der Waals surface area contributed by atoms with Gasteiger partial charge in [-0.3, -0.25) is 0 Å². The third-order valence-corrected chi connectivity index (χ3v) is 11.8. The molecule has 0 aromatic rings. The molecule has 4 heteroatoms. The zero-order valence-electron chi connectivity index (χ0n) is 15.6. The Bertz CT molecular complexity index is 665. The van der Waals surface area contributed by atoms with Crippen molar-refractivity contribution in [2.45, 2.75) is 64.3 Å². The first-order valence-electron chi connectivity index (χ1n) is 11.2. The molecule has 6 aliphatic carbocycles. The second kappa shape index (κ2) is 3.94. The maximum Gasteiger partial charge on any atom is 0.160 e. The lowest BCUT2D eigenvalue weighted by Gasteiger charge is -2.52. The predicted octanol–water partition coefficient (Wildman–Crippen LogP) is 2.24. The van der Waals surface area contributed by atoms with E-state index in [2.05, 4.69) is 13.8 Å². The Morgan fingerprint density at radius 1 is 0.615 bits per heavy atom. The highest BCUT2D eigenvalue weighted by Crippen LogP contribution is 2.87. The van der Waals surface area contributed by atoms with Crippen LogP contribution in [0.5, 0.6) is 0 Å². The first-order chi connectivity index (χ1) is 12.5. The molecule has 8 fully saturated rings. The third kappa shape index (κ3) is 1.11. The highest BCUT2D eigenvalue weighted by atomic mass is 16.6. The summed E-state index contributed by atoms with van der Waals surface area (Å²) < 4.78 is 12.7. The number of fused-ring (bicyclic) bond motifs is 4. The normalized spacial score (nSPS) is 78.9. The summed E-state index contributed by atoms with van der Waals surface area (Å²) in [6.45, 7) is 4.77. The monoisotopic (exact) mass is 358 g/mol. The van der Waals surface area contributed by atoms with Gasteiger partial charge in [0.05, 0.1) is 12.2 Å². The van der Waals surface area contributed by atoms with Crippen LogP contribution in [-0.4, -0.2) is 35.0 Å². The summed E-state index contributed by atoms with van der Waals surface area (Å²) in [5, 5.41) is 22.5. The van der Waals surface area contributed by atoms with Gasteiger partial charge >= 0.3 is 0 Å². The first kappa shape index (κ1) is 14.8. The fourth-order valence-corrected chi connectivity index (χ4v) is 11.8. The number of aliphatic hydroxyl groups is 2. The number of rotatable bonds is 0. The van der Waals surface area contributed by atoms with Crippen LogP contribution in [0.1, 0.15) is 39.5 Å². The van der Waals surface area contributed by atoms with Crippen molar-refractivity contribution >= 4 is 0 Å². The van der Waals surface area contributed by atoms with E-state index in [9.17, 15) is 10.2 Å². The molecule has 0 amide bonds. The van der Waals surface area contributed by atoms with E-state index < -0.39 is 12.6 Å². The van der Waals surface area contributed by atoms with Crippen LogP contribution in [0.25, 0.3) is 0 Å². The number of hydrogen-bond donors (Lipinski definition) is 2. The molecule has 0 radical (unpaired) electrons. The lowest BCUT2D eigenvalue weighted by atomic mass is 9.61. The minimum atomic E-state index is -0.585. The van der Waals surface area contributed by atoms with Gasteiger partial charge in [-0.1, -0.05) is 13.8 Å². The molecule has 16 atom stereocenters. The smallest absolute Gasteiger partial charge is 0.160 e. The average Bonchev–Trinajstić information content (AvgIpc) is 3.34. The maximum absolute atomic E-state index is 11.3. The number of aliphatic hydroxyl groups excluding tert-OH is 2. The van der Waals surface area contributed by atoms with Crippen LogP contribution in [0.3, 0.4) is 0 Å². The van der Waals surface area contributed by atoms with Crippen molar-refractivity contribution in [1.82, 2.24) is 0 Å². The fraction of sp³-hybridized carbons (Fsp3) is 1.00. The van der Waals surface area contributed by atoms with E-state index in [1.165, 1.54) is 12.8 Å². The minimum Gasteiger partial charge on any atom is -0.367 e. The molecule has 4 nitrogen and oxygen atoms in total. The Morgan fingerprint density at radius 2 is 1.04 bits per heavy atom. The molecule has 142 valence electrons. The highest BCUT2D eigenvalue weighted by molar-refractivity contribution is 5.32. The van der Waals surface area contributed by atoms with Gasteiger partial charge in [0.25, 0.3) is 0 Å². The molecule has 0 aromatic heterocycles. The molecule has 2 heterocycles. The molecule has 0 aromatic carbocycles. The summed E-state index contributed by atoms with van der Waals surface area (Å²) >= 11 is 0. The van der Waals surface area contributed by atoms with Crippen molar-refractivity contribution < 1.29 is 19.7 Å². The van der Waals surface area contributed by atoms with E-state index in [-0.39, 0.29) is 23.0 Å². The van der Waals surface area contributed by atoms with Gasteiger partial charge in [0.2, 0.25) is 0 Å². The SMILES string of the molecule is C[C@]12[C@H]3[C@H]4[C@@H]5[C@H]6[C@H]7[C@@H](CC[C@@H]7O[C@H](O)[C@@]6(C)[C@H]4[C@@H]4CC[C@@H](O[C@@H]1O)[C@H]43)[C@H]52. The molecule has 0 unspecified atom stereocenters. The van der Waals surface area contributed by atoms with Crippen LogP contribution in [0, 0.1) is 70.0 Å². The van der Waals surface area contributed by atoms with Crippen molar-refractivity contribution in [3.63, 3.8) is 0 Å². The topological polar surface area (TPSA) is 58.9 Å². The summed E-state index contributed by atoms with van der Waals surface area (Å²) in [4.78, 5) is 0. The summed E-state index contributed by atoms with van der Waals surface area (Å²) in [5.41, 5.74) is -0.145. The lowest BCUT2D eigenvalue weighted by molar-refractivity contribution is -0.277. The van der Waals surface area contributed by atoms with Crippen molar-refractivity contribution in [3.05, 3.63) is 0 Å². The number of ether oxygens (including phenoxy) is 2. The van der Waals surface area contributed by atoms with E-state index in [1.54, 1.807) is 0 Å².